The molecule has 0 bridgehead atoms. The number of nitrogens with zero attached hydrogens (tertiary/aromatic N) is 1. The highest BCUT2D eigenvalue weighted by Gasteiger charge is 2.25. The van der Waals surface area contributed by atoms with Crippen LogP contribution in [0.1, 0.15) is 43.9 Å². The lowest BCUT2D eigenvalue weighted by molar-refractivity contribution is -0.150. The number of piperidine rings is 1. The molecule has 0 aliphatic carbocycles. The molecule has 1 saturated heterocycles. The molecule has 2 aromatic rings. The summed E-state index contributed by atoms with van der Waals surface area (Å²) < 4.78 is 37.4. The number of furan rings is 1. The number of amides is 1. The van der Waals surface area contributed by atoms with E-state index in [9.17, 15) is 18.0 Å². The number of hydrogen-bond acceptors (Lipinski definition) is 6. The standard InChI is InChI=1S/C23H28N2O6S/c1-2-19-6-3-4-14-25(19)22(26)17-31-23(27)13-10-18-8-11-21(12-9-18)32(28,29)24-16-20-7-5-15-30-20/h5,7-13,15,19,24H,2-4,6,14,16-17H2,1H3/b13-10+. The normalized spacial score (nSPS) is 16.9. The third-order valence-corrected chi connectivity index (χ3v) is 6.79. The number of carbonyl (C=O) groups is 2. The SMILES string of the molecule is CCC1CCCCN1C(=O)COC(=O)/C=C/c1ccc(S(=O)(=O)NCc2ccco2)cc1. The zero-order valence-electron chi connectivity index (χ0n) is 18.0. The van der Waals surface area contributed by atoms with E-state index in [-0.39, 0.29) is 30.0 Å². The molecule has 1 aliphatic rings. The third kappa shape index (κ3) is 6.54. The highest BCUT2D eigenvalue weighted by atomic mass is 32.2. The van der Waals surface area contributed by atoms with Crippen LogP contribution in [-0.4, -0.2) is 44.4 Å². The molecule has 1 aromatic carbocycles. The Morgan fingerprint density at radius 2 is 2.00 bits per heavy atom. The van der Waals surface area contributed by atoms with Crippen LogP contribution in [0.3, 0.4) is 0 Å². The number of ether oxygens (including phenoxy) is 1. The van der Waals surface area contributed by atoms with Crippen LogP contribution in [0.5, 0.6) is 0 Å². The summed E-state index contributed by atoms with van der Waals surface area (Å²) in [6.07, 6.45) is 8.17. The van der Waals surface area contributed by atoms with Crippen molar-refractivity contribution in [1.82, 2.24) is 9.62 Å². The molecule has 8 nitrogen and oxygen atoms in total. The van der Waals surface area contributed by atoms with Gasteiger partial charge in [0.05, 0.1) is 17.7 Å². The summed E-state index contributed by atoms with van der Waals surface area (Å²) in [4.78, 5) is 26.2. The quantitative estimate of drug-likeness (QED) is 0.455. The second-order valence-electron chi connectivity index (χ2n) is 7.56. The zero-order valence-corrected chi connectivity index (χ0v) is 18.8. The number of carbonyl (C=O) groups excluding carboxylic acids is 2. The monoisotopic (exact) mass is 460 g/mol. The number of sulfonamides is 1. The fraction of sp³-hybridized carbons (Fsp3) is 0.391. The Morgan fingerprint density at radius 1 is 1.22 bits per heavy atom. The van der Waals surface area contributed by atoms with Crippen LogP contribution in [0, 0.1) is 0 Å². The summed E-state index contributed by atoms with van der Waals surface area (Å²) in [5.41, 5.74) is 0.625. The van der Waals surface area contributed by atoms with E-state index in [4.69, 9.17) is 9.15 Å². The average molecular weight is 461 g/mol. The molecule has 1 N–H and O–H groups in total. The lowest BCUT2D eigenvalue weighted by Gasteiger charge is -2.35. The van der Waals surface area contributed by atoms with E-state index in [1.54, 1.807) is 29.2 Å². The van der Waals surface area contributed by atoms with Gasteiger partial charge < -0.3 is 14.1 Å². The largest absolute Gasteiger partial charge is 0.468 e. The molecule has 1 amide bonds. The van der Waals surface area contributed by atoms with E-state index in [2.05, 4.69) is 11.6 Å². The lowest BCUT2D eigenvalue weighted by atomic mass is 10.00. The van der Waals surface area contributed by atoms with E-state index >= 15 is 0 Å². The van der Waals surface area contributed by atoms with Gasteiger partial charge in [0, 0.05) is 18.7 Å². The van der Waals surface area contributed by atoms with Gasteiger partial charge >= 0.3 is 5.97 Å². The first kappa shape index (κ1) is 23.7. The van der Waals surface area contributed by atoms with E-state index in [1.807, 2.05) is 0 Å². The number of hydrogen-bond donors (Lipinski definition) is 1. The molecule has 0 saturated carbocycles. The van der Waals surface area contributed by atoms with Gasteiger partial charge in [0.1, 0.15) is 5.76 Å². The summed E-state index contributed by atoms with van der Waals surface area (Å²) in [7, 11) is -3.69. The Morgan fingerprint density at radius 3 is 2.69 bits per heavy atom. The van der Waals surface area contributed by atoms with Gasteiger partial charge in [-0.15, -0.1) is 0 Å². The Kier molecular flexibility index (Phi) is 8.24. The topological polar surface area (TPSA) is 106 Å². The first-order valence-corrected chi connectivity index (χ1v) is 12.1. The minimum Gasteiger partial charge on any atom is -0.468 e. The first-order chi connectivity index (χ1) is 15.4. The summed E-state index contributed by atoms with van der Waals surface area (Å²) in [6, 6.07) is 9.62. The fourth-order valence-electron chi connectivity index (χ4n) is 3.60. The number of benzene rings is 1. The highest BCUT2D eigenvalue weighted by Crippen LogP contribution is 2.19. The Labute approximate surface area is 188 Å². The summed E-state index contributed by atoms with van der Waals surface area (Å²) >= 11 is 0. The number of nitrogens with one attached hydrogen (secondary N) is 1. The first-order valence-electron chi connectivity index (χ1n) is 10.7. The van der Waals surface area contributed by atoms with Crippen LogP contribution in [0.2, 0.25) is 0 Å². The molecule has 9 heteroatoms. The second-order valence-corrected chi connectivity index (χ2v) is 9.33. The van der Waals surface area contributed by atoms with Crippen LogP contribution in [-0.2, 0) is 30.9 Å². The summed E-state index contributed by atoms with van der Waals surface area (Å²) in [5, 5.41) is 0. The van der Waals surface area contributed by atoms with E-state index in [0.29, 0.717) is 17.9 Å². The minimum absolute atomic E-state index is 0.0536. The van der Waals surface area contributed by atoms with Crippen molar-refractivity contribution < 1.29 is 27.2 Å². The van der Waals surface area contributed by atoms with Crippen LogP contribution in [0.15, 0.2) is 58.1 Å². The molecule has 2 heterocycles. The van der Waals surface area contributed by atoms with Crippen LogP contribution < -0.4 is 4.72 Å². The maximum absolute atomic E-state index is 12.4. The van der Waals surface area contributed by atoms with Crippen molar-refractivity contribution in [3.63, 3.8) is 0 Å². The van der Waals surface area contributed by atoms with Crippen molar-refractivity contribution in [2.45, 2.75) is 50.1 Å². The molecule has 1 aromatic heterocycles. The third-order valence-electron chi connectivity index (χ3n) is 5.38. The Balaban J connectivity index is 1.49. The molecular formula is C23H28N2O6S. The van der Waals surface area contributed by atoms with Gasteiger partial charge in [0.2, 0.25) is 10.0 Å². The number of rotatable bonds is 9. The Bertz CT molecular complexity index is 1030. The lowest BCUT2D eigenvalue weighted by Crippen LogP contribution is -2.45. The van der Waals surface area contributed by atoms with E-state index < -0.39 is 16.0 Å². The molecule has 1 atom stereocenters. The van der Waals surface area contributed by atoms with Crippen LogP contribution >= 0.6 is 0 Å². The molecule has 1 fully saturated rings. The molecule has 0 spiro atoms. The minimum atomic E-state index is -3.69. The van der Waals surface area contributed by atoms with Crippen molar-refractivity contribution in [2.75, 3.05) is 13.2 Å². The van der Waals surface area contributed by atoms with Gasteiger partial charge in [-0.25, -0.2) is 17.9 Å². The van der Waals surface area contributed by atoms with Gasteiger partial charge in [-0.3, -0.25) is 4.79 Å². The van der Waals surface area contributed by atoms with Crippen LogP contribution in [0.25, 0.3) is 6.08 Å². The number of likely N-dealkylation sites (tertiary alicyclic amines) is 1. The number of esters is 1. The van der Waals surface area contributed by atoms with Crippen molar-refractivity contribution in [1.29, 1.82) is 0 Å². The van der Waals surface area contributed by atoms with Gasteiger partial charge in [-0.2, -0.15) is 0 Å². The average Bonchev–Trinajstić information content (AvgIpc) is 3.34. The molecule has 172 valence electrons. The fourth-order valence-corrected chi connectivity index (χ4v) is 4.60. The van der Waals surface area contributed by atoms with Crippen molar-refractivity contribution in [3.8, 4) is 0 Å². The van der Waals surface area contributed by atoms with Crippen molar-refractivity contribution >= 4 is 28.0 Å². The highest BCUT2D eigenvalue weighted by molar-refractivity contribution is 7.89. The van der Waals surface area contributed by atoms with Crippen molar-refractivity contribution in [2.24, 2.45) is 0 Å². The maximum atomic E-state index is 12.4. The second kappa shape index (κ2) is 11.1. The smallest absolute Gasteiger partial charge is 0.331 e. The molecule has 32 heavy (non-hydrogen) atoms. The maximum Gasteiger partial charge on any atom is 0.331 e. The van der Waals surface area contributed by atoms with Gasteiger partial charge in [0.15, 0.2) is 6.61 Å². The van der Waals surface area contributed by atoms with Gasteiger partial charge in [-0.05, 0) is 61.6 Å². The summed E-state index contributed by atoms with van der Waals surface area (Å²) in [5.74, 6) is -0.286. The van der Waals surface area contributed by atoms with E-state index in [1.165, 1.54) is 30.5 Å². The molecule has 3 rings (SSSR count). The summed E-state index contributed by atoms with van der Waals surface area (Å²) in [6.45, 7) is 2.53. The molecular weight excluding hydrogens is 432 g/mol. The predicted octanol–water partition coefficient (Wildman–Crippen LogP) is 3.11. The molecule has 1 aliphatic heterocycles. The van der Waals surface area contributed by atoms with Gasteiger partial charge in [0.25, 0.3) is 5.91 Å². The van der Waals surface area contributed by atoms with Crippen LogP contribution in [0.4, 0.5) is 0 Å². The van der Waals surface area contributed by atoms with E-state index in [0.717, 1.165) is 25.7 Å². The zero-order chi connectivity index (χ0) is 23.0. The molecule has 1 unspecified atom stereocenters. The Hall–Kier alpha value is -2.91. The van der Waals surface area contributed by atoms with Gasteiger partial charge in [-0.1, -0.05) is 19.1 Å². The van der Waals surface area contributed by atoms with Crippen molar-refractivity contribution in [3.05, 3.63) is 60.1 Å². The molecule has 0 radical (unpaired) electrons. The predicted molar refractivity (Wildman–Crippen MR) is 119 cm³/mol.